The highest BCUT2D eigenvalue weighted by atomic mass is 35.5. The molecule has 0 amide bonds. The van der Waals surface area contributed by atoms with Gasteiger partial charge in [-0.05, 0) is 90.0 Å². The van der Waals surface area contributed by atoms with Crippen molar-refractivity contribution >= 4 is 34.6 Å². The lowest BCUT2D eigenvalue weighted by Gasteiger charge is -2.50. The Morgan fingerprint density at radius 1 is 1.19 bits per heavy atom. The smallest absolute Gasteiger partial charge is 0.417 e. The summed E-state index contributed by atoms with van der Waals surface area (Å²) in [5.41, 5.74) is -0.935. The van der Waals surface area contributed by atoms with Gasteiger partial charge in [0.1, 0.15) is 11.5 Å². The number of thiocarbonyl (C=S) groups is 1. The minimum atomic E-state index is -4.55. The molecule has 0 atom stereocenters. The van der Waals surface area contributed by atoms with Gasteiger partial charge in [-0.15, -0.1) is 0 Å². The van der Waals surface area contributed by atoms with E-state index in [1.807, 2.05) is 24.0 Å². The van der Waals surface area contributed by atoms with Crippen LogP contribution in [0.3, 0.4) is 0 Å². The molecule has 0 spiro atoms. The number of hydrogen-bond donors (Lipinski definition) is 2. The lowest BCUT2D eigenvalue weighted by atomic mass is 9.79. The molecular weight excluding hydrogens is 459 g/mol. The summed E-state index contributed by atoms with van der Waals surface area (Å²) in [7, 11) is 0. The van der Waals surface area contributed by atoms with Crippen molar-refractivity contribution in [2.24, 2.45) is 0 Å². The van der Waals surface area contributed by atoms with Crippen molar-refractivity contribution in [3.8, 4) is 0 Å². The second-order valence-corrected chi connectivity index (χ2v) is 10.5. The molecule has 1 fully saturated rings. The zero-order valence-electron chi connectivity index (χ0n) is 18.9. The van der Waals surface area contributed by atoms with Crippen LogP contribution in [0.25, 0.3) is 0 Å². The van der Waals surface area contributed by atoms with Gasteiger partial charge in [-0.25, -0.2) is 0 Å². The van der Waals surface area contributed by atoms with Gasteiger partial charge in [0.2, 0.25) is 0 Å². The zero-order chi connectivity index (χ0) is 23.9. The van der Waals surface area contributed by atoms with Crippen LogP contribution in [0.5, 0.6) is 0 Å². The molecule has 1 aliphatic heterocycles. The van der Waals surface area contributed by atoms with E-state index >= 15 is 0 Å². The molecule has 0 radical (unpaired) electrons. The van der Waals surface area contributed by atoms with Gasteiger partial charge >= 0.3 is 6.18 Å². The molecule has 176 valence electrons. The van der Waals surface area contributed by atoms with E-state index in [0.717, 1.165) is 30.4 Å². The summed E-state index contributed by atoms with van der Waals surface area (Å²) in [5.74, 6) is 1.53. The topological polar surface area (TPSA) is 40.4 Å². The van der Waals surface area contributed by atoms with Crippen LogP contribution in [-0.4, -0.2) is 27.1 Å². The van der Waals surface area contributed by atoms with E-state index in [-0.39, 0.29) is 27.8 Å². The SMILES string of the molecule is Cc1ccc(CN(C(=S)Nc2ccc(Cl)c(C(F)(F)F)c2)C2CC(C)(C)NC(C)(C)C2)o1. The normalized spacial score (nSPS) is 18.4. The number of furan rings is 1. The molecule has 1 aromatic carbocycles. The van der Waals surface area contributed by atoms with Gasteiger partial charge in [-0.2, -0.15) is 13.2 Å². The summed E-state index contributed by atoms with van der Waals surface area (Å²) in [6, 6.07) is 7.55. The average molecular weight is 488 g/mol. The Balaban J connectivity index is 1.90. The van der Waals surface area contributed by atoms with Gasteiger partial charge in [0.25, 0.3) is 0 Å². The van der Waals surface area contributed by atoms with Crippen molar-refractivity contribution in [2.45, 2.75) is 77.3 Å². The van der Waals surface area contributed by atoms with Crippen LogP contribution in [0, 0.1) is 6.92 Å². The van der Waals surface area contributed by atoms with Gasteiger partial charge in [-0.1, -0.05) is 11.6 Å². The summed E-state index contributed by atoms with van der Waals surface area (Å²) < 4.78 is 45.7. The molecule has 9 heteroatoms. The molecule has 0 saturated carbocycles. The second-order valence-electron chi connectivity index (χ2n) is 9.72. The van der Waals surface area contributed by atoms with E-state index in [9.17, 15) is 13.2 Å². The summed E-state index contributed by atoms with van der Waals surface area (Å²) in [5, 5.41) is 6.64. The number of anilines is 1. The maximum absolute atomic E-state index is 13.3. The van der Waals surface area contributed by atoms with Crippen LogP contribution in [0.2, 0.25) is 5.02 Å². The molecule has 1 aliphatic rings. The standard InChI is InChI=1S/C23H29ClF3N3OS/c1-14-6-8-17(31-14)13-30(16-11-21(2,3)29-22(4,5)12-16)20(32)28-15-7-9-19(24)18(10-15)23(25,26)27/h6-10,16,29H,11-13H2,1-5H3,(H,28,32). The maximum atomic E-state index is 13.3. The summed E-state index contributed by atoms with van der Waals surface area (Å²) in [6.45, 7) is 10.8. The zero-order valence-corrected chi connectivity index (χ0v) is 20.4. The van der Waals surface area contributed by atoms with Gasteiger partial charge in [-0.3, -0.25) is 0 Å². The third-order valence-electron chi connectivity index (χ3n) is 5.52. The van der Waals surface area contributed by atoms with Crippen LogP contribution in [-0.2, 0) is 12.7 Å². The van der Waals surface area contributed by atoms with Crippen LogP contribution >= 0.6 is 23.8 Å². The Morgan fingerprint density at radius 2 is 1.81 bits per heavy atom. The van der Waals surface area contributed by atoms with Gasteiger partial charge in [0, 0.05) is 22.8 Å². The molecule has 32 heavy (non-hydrogen) atoms. The van der Waals surface area contributed by atoms with E-state index in [1.54, 1.807) is 0 Å². The van der Waals surface area contributed by atoms with Crippen molar-refractivity contribution in [1.82, 2.24) is 10.2 Å². The Hall–Kier alpha value is -1.77. The monoisotopic (exact) mass is 487 g/mol. The van der Waals surface area contributed by atoms with Crippen molar-refractivity contribution in [1.29, 1.82) is 0 Å². The largest absolute Gasteiger partial charge is 0.464 e. The van der Waals surface area contributed by atoms with E-state index in [0.29, 0.717) is 11.7 Å². The quantitative estimate of drug-likeness (QED) is 0.466. The lowest BCUT2D eigenvalue weighted by molar-refractivity contribution is -0.137. The highest BCUT2D eigenvalue weighted by Crippen LogP contribution is 2.37. The van der Waals surface area contributed by atoms with Crippen molar-refractivity contribution in [3.05, 3.63) is 52.4 Å². The fraction of sp³-hybridized carbons (Fsp3) is 0.522. The van der Waals surface area contributed by atoms with E-state index < -0.39 is 11.7 Å². The second kappa shape index (κ2) is 8.88. The number of benzene rings is 1. The number of nitrogens with zero attached hydrogens (tertiary/aromatic N) is 1. The molecule has 0 unspecified atom stereocenters. The Kier molecular flexibility index (Phi) is 6.90. The minimum absolute atomic E-state index is 0.0565. The van der Waals surface area contributed by atoms with Gasteiger partial charge < -0.3 is 20.0 Å². The Labute approximate surface area is 197 Å². The number of alkyl halides is 3. The first-order chi connectivity index (χ1) is 14.7. The fourth-order valence-electron chi connectivity index (χ4n) is 4.61. The fourth-order valence-corrected chi connectivity index (χ4v) is 5.17. The van der Waals surface area contributed by atoms with Gasteiger partial charge in [0.05, 0.1) is 17.1 Å². The first-order valence-electron chi connectivity index (χ1n) is 10.4. The molecule has 0 aliphatic carbocycles. The molecule has 2 aromatic rings. The molecular formula is C23H29ClF3N3OS. The maximum Gasteiger partial charge on any atom is 0.417 e. The number of aryl methyl sites for hydroxylation is 1. The number of halogens is 4. The predicted octanol–water partition coefficient (Wildman–Crippen LogP) is 6.77. The van der Waals surface area contributed by atoms with Crippen LogP contribution in [0.15, 0.2) is 34.7 Å². The Morgan fingerprint density at radius 3 is 2.34 bits per heavy atom. The first kappa shape index (κ1) is 24.9. The number of rotatable bonds is 4. The average Bonchev–Trinajstić information content (AvgIpc) is 3.02. The molecule has 3 rings (SSSR count). The molecule has 2 heterocycles. The van der Waals surface area contributed by atoms with Crippen molar-refractivity contribution in [2.75, 3.05) is 5.32 Å². The highest BCUT2D eigenvalue weighted by molar-refractivity contribution is 7.80. The van der Waals surface area contributed by atoms with Crippen LogP contribution < -0.4 is 10.6 Å². The highest BCUT2D eigenvalue weighted by Gasteiger charge is 2.41. The molecule has 0 bridgehead atoms. The van der Waals surface area contributed by atoms with E-state index in [1.165, 1.54) is 12.1 Å². The van der Waals surface area contributed by atoms with Crippen LogP contribution in [0.1, 0.15) is 57.6 Å². The third kappa shape index (κ3) is 6.17. The molecule has 2 N–H and O–H groups in total. The van der Waals surface area contributed by atoms with E-state index in [4.69, 9.17) is 28.2 Å². The minimum Gasteiger partial charge on any atom is -0.464 e. The molecule has 4 nitrogen and oxygen atoms in total. The lowest BCUT2D eigenvalue weighted by Crippen LogP contribution is -2.63. The third-order valence-corrected chi connectivity index (χ3v) is 6.18. The summed E-state index contributed by atoms with van der Waals surface area (Å²) in [6.07, 6.45) is -2.93. The van der Waals surface area contributed by atoms with Crippen molar-refractivity contribution in [3.63, 3.8) is 0 Å². The van der Waals surface area contributed by atoms with Crippen LogP contribution in [0.4, 0.5) is 18.9 Å². The number of piperidine rings is 1. The van der Waals surface area contributed by atoms with Gasteiger partial charge in [0.15, 0.2) is 5.11 Å². The molecule has 1 aromatic heterocycles. The van der Waals surface area contributed by atoms with E-state index in [2.05, 4.69) is 38.3 Å². The summed E-state index contributed by atoms with van der Waals surface area (Å²) in [4.78, 5) is 2.01. The summed E-state index contributed by atoms with van der Waals surface area (Å²) >= 11 is 11.5. The molecule has 1 saturated heterocycles. The Bertz CT molecular complexity index is 971. The number of nitrogens with one attached hydrogen (secondary N) is 2. The number of hydrogen-bond acceptors (Lipinski definition) is 3. The predicted molar refractivity (Wildman–Crippen MR) is 126 cm³/mol. The first-order valence-corrected chi connectivity index (χ1v) is 11.2. The van der Waals surface area contributed by atoms with Crippen molar-refractivity contribution < 1.29 is 17.6 Å².